The number of phenols is 1. The van der Waals surface area contributed by atoms with E-state index in [0.29, 0.717) is 12.0 Å². The van der Waals surface area contributed by atoms with Crippen LogP contribution in [0.25, 0.3) is 6.08 Å². The number of benzene rings is 1. The van der Waals surface area contributed by atoms with Gasteiger partial charge in [-0.2, -0.15) is 0 Å². The average Bonchev–Trinajstić information content (AvgIpc) is 3.15. The highest BCUT2D eigenvalue weighted by atomic mass is 16.5. The summed E-state index contributed by atoms with van der Waals surface area (Å²) < 4.78 is 5.06. The largest absolute Gasteiger partial charge is 0.507 e. The Morgan fingerprint density at radius 2 is 2.20 bits per heavy atom. The molecule has 1 fully saturated rings. The van der Waals surface area contributed by atoms with Crippen molar-refractivity contribution in [2.45, 2.75) is 45.6 Å². The lowest BCUT2D eigenvalue weighted by atomic mass is 9.89. The van der Waals surface area contributed by atoms with Crippen LogP contribution >= 0.6 is 0 Å². The van der Waals surface area contributed by atoms with Crippen LogP contribution in [0.3, 0.4) is 0 Å². The molecular weight excluding hydrogens is 320 g/mol. The Hall–Kier alpha value is -2.56. The zero-order chi connectivity index (χ0) is 18.1. The number of aromatic hydroxyl groups is 1. The molecule has 0 amide bonds. The molecule has 1 aromatic carbocycles. The monoisotopic (exact) mass is 342 g/mol. The first-order valence-corrected chi connectivity index (χ1v) is 8.51. The predicted molar refractivity (Wildman–Crippen MR) is 93.4 cm³/mol. The van der Waals surface area contributed by atoms with E-state index in [1.807, 2.05) is 13.0 Å². The highest BCUT2D eigenvalue weighted by Gasteiger charge is 2.31. The number of rotatable bonds is 5. The van der Waals surface area contributed by atoms with Gasteiger partial charge in [-0.3, -0.25) is 4.79 Å². The van der Waals surface area contributed by atoms with Gasteiger partial charge in [-0.1, -0.05) is 24.3 Å². The number of carboxylic acid groups (broad SMARTS) is 1. The Labute approximate surface area is 146 Å². The van der Waals surface area contributed by atoms with Gasteiger partial charge in [-0.25, -0.2) is 4.79 Å². The second-order valence-corrected chi connectivity index (χ2v) is 6.67. The maximum atomic E-state index is 11.9. The van der Waals surface area contributed by atoms with Gasteiger partial charge in [0.1, 0.15) is 17.9 Å². The standard InChI is InChI=1S/C20H22O5/c1-3-14-11(2)16-10-25-20(24)18(16)19(23)15(14)8-7-12-5-4-6-13(12)9-17(21)22/h3,7,13,23H,1,4-6,8-10H2,2H3,(H,21,22). The molecule has 1 aliphatic heterocycles. The number of fused-ring (bicyclic) bond motifs is 1. The number of carbonyl (C=O) groups is 2. The molecule has 5 heteroatoms. The van der Waals surface area contributed by atoms with Crippen LogP contribution in [0.1, 0.15) is 58.3 Å². The molecule has 1 aromatic rings. The van der Waals surface area contributed by atoms with Crippen LogP contribution in [-0.4, -0.2) is 22.2 Å². The summed E-state index contributed by atoms with van der Waals surface area (Å²) in [4.78, 5) is 22.9. The van der Waals surface area contributed by atoms with E-state index in [2.05, 4.69) is 6.58 Å². The molecule has 132 valence electrons. The third kappa shape index (κ3) is 3.06. The number of carbonyl (C=O) groups excluding carboxylic acids is 1. The molecule has 1 atom stereocenters. The lowest BCUT2D eigenvalue weighted by Gasteiger charge is -2.15. The van der Waals surface area contributed by atoms with E-state index in [1.54, 1.807) is 6.08 Å². The first-order chi connectivity index (χ1) is 11.9. The number of carboxylic acids is 1. The zero-order valence-electron chi connectivity index (χ0n) is 14.3. The summed E-state index contributed by atoms with van der Waals surface area (Å²) in [5.74, 6) is -1.26. The Bertz CT molecular complexity index is 788. The molecule has 5 nitrogen and oxygen atoms in total. The molecule has 0 bridgehead atoms. The minimum atomic E-state index is -0.788. The van der Waals surface area contributed by atoms with Crippen LogP contribution < -0.4 is 0 Å². The topological polar surface area (TPSA) is 83.8 Å². The third-order valence-electron chi connectivity index (χ3n) is 5.29. The smallest absolute Gasteiger partial charge is 0.342 e. The van der Waals surface area contributed by atoms with Gasteiger partial charge < -0.3 is 14.9 Å². The molecule has 2 N–H and O–H groups in total. The van der Waals surface area contributed by atoms with Crippen molar-refractivity contribution in [3.8, 4) is 5.75 Å². The summed E-state index contributed by atoms with van der Waals surface area (Å²) in [5, 5.41) is 19.7. The van der Waals surface area contributed by atoms with Crippen molar-refractivity contribution in [1.29, 1.82) is 0 Å². The molecule has 0 radical (unpaired) electrons. The number of hydrogen-bond donors (Lipinski definition) is 2. The van der Waals surface area contributed by atoms with Crippen LogP contribution in [0.4, 0.5) is 0 Å². The Morgan fingerprint density at radius 3 is 2.88 bits per heavy atom. The van der Waals surface area contributed by atoms with E-state index in [4.69, 9.17) is 9.84 Å². The van der Waals surface area contributed by atoms with E-state index in [-0.39, 0.29) is 30.3 Å². The van der Waals surface area contributed by atoms with E-state index in [0.717, 1.165) is 41.5 Å². The van der Waals surface area contributed by atoms with Gasteiger partial charge in [0.05, 0.1) is 6.42 Å². The molecule has 1 saturated carbocycles. The SMILES string of the molecule is C=Cc1c(C)c2c(c(O)c1CC=C1CCCC1CC(=O)O)C(=O)OC2. The maximum Gasteiger partial charge on any atom is 0.342 e. The Balaban J connectivity index is 1.98. The fourth-order valence-electron chi connectivity index (χ4n) is 3.98. The van der Waals surface area contributed by atoms with Crippen molar-refractivity contribution in [1.82, 2.24) is 0 Å². The van der Waals surface area contributed by atoms with Gasteiger partial charge in [0.25, 0.3) is 0 Å². The fourth-order valence-corrected chi connectivity index (χ4v) is 3.98. The van der Waals surface area contributed by atoms with Gasteiger partial charge in [0, 0.05) is 11.1 Å². The molecule has 25 heavy (non-hydrogen) atoms. The second-order valence-electron chi connectivity index (χ2n) is 6.67. The van der Waals surface area contributed by atoms with E-state index in [1.165, 1.54) is 0 Å². The summed E-state index contributed by atoms with van der Waals surface area (Å²) in [6.07, 6.45) is 7.04. The molecule has 1 heterocycles. The number of ether oxygens (including phenoxy) is 1. The normalized spacial score (nSPS) is 20.6. The minimum Gasteiger partial charge on any atom is -0.507 e. The Morgan fingerprint density at radius 1 is 1.44 bits per heavy atom. The summed E-state index contributed by atoms with van der Waals surface area (Å²) in [5.41, 5.74) is 4.47. The highest BCUT2D eigenvalue weighted by molar-refractivity contribution is 5.98. The summed E-state index contributed by atoms with van der Waals surface area (Å²) in [7, 11) is 0. The molecule has 3 rings (SSSR count). The fraction of sp³-hybridized carbons (Fsp3) is 0.400. The number of cyclic esters (lactones) is 1. The molecule has 0 saturated heterocycles. The zero-order valence-corrected chi connectivity index (χ0v) is 14.3. The van der Waals surface area contributed by atoms with E-state index >= 15 is 0 Å². The first-order valence-electron chi connectivity index (χ1n) is 8.51. The van der Waals surface area contributed by atoms with Crippen LogP contribution in [0.15, 0.2) is 18.2 Å². The molecule has 2 aliphatic rings. The maximum absolute atomic E-state index is 11.9. The average molecular weight is 342 g/mol. The molecule has 1 unspecified atom stereocenters. The van der Waals surface area contributed by atoms with Crippen molar-refractivity contribution in [2.75, 3.05) is 0 Å². The summed E-state index contributed by atoms with van der Waals surface area (Å²) in [6.45, 7) is 5.91. The highest BCUT2D eigenvalue weighted by Crippen LogP contribution is 2.39. The summed E-state index contributed by atoms with van der Waals surface area (Å²) >= 11 is 0. The first kappa shape index (κ1) is 17.3. The minimum absolute atomic E-state index is 0.0392. The van der Waals surface area contributed by atoms with Crippen molar-refractivity contribution in [3.05, 3.63) is 46.0 Å². The molecular formula is C20H22O5. The van der Waals surface area contributed by atoms with Gasteiger partial charge >= 0.3 is 11.9 Å². The summed E-state index contributed by atoms with van der Waals surface area (Å²) in [6, 6.07) is 0. The lowest BCUT2D eigenvalue weighted by molar-refractivity contribution is -0.137. The van der Waals surface area contributed by atoms with Crippen molar-refractivity contribution in [2.24, 2.45) is 5.92 Å². The molecule has 1 aliphatic carbocycles. The van der Waals surface area contributed by atoms with Crippen LogP contribution in [0.5, 0.6) is 5.75 Å². The van der Waals surface area contributed by atoms with Crippen molar-refractivity contribution in [3.63, 3.8) is 0 Å². The van der Waals surface area contributed by atoms with Crippen molar-refractivity contribution < 1.29 is 24.5 Å². The molecule has 0 aromatic heterocycles. The third-order valence-corrected chi connectivity index (χ3v) is 5.29. The number of phenolic OH excluding ortho intramolecular Hbond substituents is 1. The molecule has 0 spiro atoms. The quantitative estimate of drug-likeness (QED) is 0.629. The predicted octanol–water partition coefficient (Wildman–Crippen LogP) is 3.76. The van der Waals surface area contributed by atoms with Crippen LogP contribution in [0, 0.1) is 12.8 Å². The van der Waals surface area contributed by atoms with Gasteiger partial charge in [-0.05, 0) is 49.7 Å². The van der Waals surface area contributed by atoms with Crippen LogP contribution in [-0.2, 0) is 22.6 Å². The van der Waals surface area contributed by atoms with E-state index in [9.17, 15) is 14.7 Å². The van der Waals surface area contributed by atoms with Gasteiger partial charge in [0.2, 0.25) is 0 Å². The second kappa shape index (κ2) is 6.75. The van der Waals surface area contributed by atoms with E-state index < -0.39 is 11.9 Å². The van der Waals surface area contributed by atoms with Gasteiger partial charge in [-0.15, -0.1) is 0 Å². The lowest BCUT2D eigenvalue weighted by Crippen LogP contribution is -2.06. The number of allylic oxidation sites excluding steroid dienone is 2. The van der Waals surface area contributed by atoms with Crippen molar-refractivity contribution >= 4 is 18.0 Å². The number of esters is 1. The van der Waals surface area contributed by atoms with Gasteiger partial charge in [0.15, 0.2) is 0 Å². The Kier molecular flexibility index (Phi) is 4.66. The number of aliphatic carboxylic acids is 1. The number of hydrogen-bond acceptors (Lipinski definition) is 4. The van der Waals surface area contributed by atoms with Crippen LogP contribution in [0.2, 0.25) is 0 Å².